The molecule has 0 aromatic heterocycles. The number of ether oxygens (including phenoxy) is 1. The lowest BCUT2D eigenvalue weighted by atomic mass is 9.94. The molecule has 5 nitrogen and oxygen atoms in total. The summed E-state index contributed by atoms with van der Waals surface area (Å²) in [6.07, 6.45) is 5.38. The summed E-state index contributed by atoms with van der Waals surface area (Å²) in [6.45, 7) is 1.61. The molecule has 5 heteroatoms. The Labute approximate surface area is 160 Å². The summed E-state index contributed by atoms with van der Waals surface area (Å²) in [4.78, 5) is 26.4. The molecule has 27 heavy (non-hydrogen) atoms. The zero-order valence-corrected chi connectivity index (χ0v) is 15.7. The number of nitrogens with zero attached hydrogens (tertiary/aromatic N) is 1. The van der Waals surface area contributed by atoms with Gasteiger partial charge in [-0.15, -0.1) is 0 Å². The molecule has 2 amide bonds. The van der Waals surface area contributed by atoms with Crippen molar-refractivity contribution in [1.82, 2.24) is 4.90 Å². The molecule has 142 valence electrons. The first-order valence-corrected chi connectivity index (χ1v) is 9.52. The van der Waals surface area contributed by atoms with Crippen molar-refractivity contribution in [2.45, 2.75) is 45.1 Å². The third-order valence-electron chi connectivity index (χ3n) is 4.87. The Morgan fingerprint density at radius 1 is 1.00 bits per heavy atom. The minimum absolute atomic E-state index is 0.0501. The van der Waals surface area contributed by atoms with E-state index < -0.39 is 0 Å². The molecule has 1 fully saturated rings. The van der Waals surface area contributed by atoms with E-state index in [9.17, 15) is 9.59 Å². The van der Waals surface area contributed by atoms with Crippen LogP contribution in [0.3, 0.4) is 0 Å². The predicted octanol–water partition coefficient (Wildman–Crippen LogP) is 4.60. The molecule has 3 rings (SSSR count). The summed E-state index contributed by atoms with van der Waals surface area (Å²) in [5.41, 5.74) is 0.596. The van der Waals surface area contributed by atoms with E-state index in [1.54, 1.807) is 11.0 Å². The molecule has 0 bridgehead atoms. The van der Waals surface area contributed by atoms with Crippen LogP contribution in [0.25, 0.3) is 0 Å². The van der Waals surface area contributed by atoms with Crippen LogP contribution in [0.2, 0.25) is 0 Å². The smallest absolute Gasteiger partial charge is 0.244 e. The largest absolute Gasteiger partial charge is 0.455 e. The maximum absolute atomic E-state index is 12.6. The molecule has 2 aromatic rings. The fraction of sp³-hybridized carbons (Fsp3) is 0.364. The van der Waals surface area contributed by atoms with Gasteiger partial charge < -0.3 is 15.0 Å². The van der Waals surface area contributed by atoms with E-state index in [1.807, 2.05) is 48.5 Å². The third-order valence-corrected chi connectivity index (χ3v) is 4.87. The Kier molecular flexibility index (Phi) is 6.47. The van der Waals surface area contributed by atoms with Crippen LogP contribution in [0.4, 0.5) is 5.69 Å². The van der Waals surface area contributed by atoms with E-state index in [0.717, 1.165) is 25.7 Å². The Morgan fingerprint density at radius 3 is 2.37 bits per heavy atom. The van der Waals surface area contributed by atoms with E-state index in [-0.39, 0.29) is 24.4 Å². The molecule has 0 unspecified atom stereocenters. The zero-order chi connectivity index (χ0) is 19.1. The first-order chi connectivity index (χ1) is 13.1. The highest BCUT2D eigenvalue weighted by atomic mass is 16.5. The molecule has 0 atom stereocenters. The van der Waals surface area contributed by atoms with Gasteiger partial charge in [-0.1, -0.05) is 49.6 Å². The lowest BCUT2D eigenvalue weighted by Gasteiger charge is -2.33. The van der Waals surface area contributed by atoms with Crippen molar-refractivity contribution in [1.29, 1.82) is 0 Å². The molecular weight excluding hydrogens is 340 g/mol. The second kappa shape index (κ2) is 9.21. The van der Waals surface area contributed by atoms with Crippen molar-refractivity contribution >= 4 is 17.5 Å². The number of para-hydroxylation sites is 3. The van der Waals surface area contributed by atoms with Crippen molar-refractivity contribution in [2.75, 3.05) is 11.9 Å². The van der Waals surface area contributed by atoms with Crippen LogP contribution in [0.15, 0.2) is 54.6 Å². The van der Waals surface area contributed by atoms with Crippen LogP contribution in [-0.2, 0) is 9.59 Å². The van der Waals surface area contributed by atoms with E-state index >= 15 is 0 Å². The van der Waals surface area contributed by atoms with Crippen molar-refractivity contribution < 1.29 is 14.3 Å². The van der Waals surface area contributed by atoms with Gasteiger partial charge in [-0.05, 0) is 37.1 Å². The number of hydrogen-bond donors (Lipinski definition) is 1. The normalized spacial score (nSPS) is 14.4. The van der Waals surface area contributed by atoms with Crippen LogP contribution < -0.4 is 10.1 Å². The van der Waals surface area contributed by atoms with Gasteiger partial charge in [0.1, 0.15) is 12.3 Å². The number of carbonyl (C=O) groups is 2. The number of hydrogen-bond acceptors (Lipinski definition) is 3. The summed E-state index contributed by atoms with van der Waals surface area (Å²) < 4.78 is 5.88. The highest BCUT2D eigenvalue weighted by Crippen LogP contribution is 2.29. The second-order valence-electron chi connectivity index (χ2n) is 6.90. The number of amides is 2. The summed E-state index contributed by atoms with van der Waals surface area (Å²) in [7, 11) is 0. The highest BCUT2D eigenvalue weighted by molar-refractivity contribution is 5.95. The Hall–Kier alpha value is -2.82. The van der Waals surface area contributed by atoms with Gasteiger partial charge in [-0.3, -0.25) is 9.59 Å². The molecule has 2 aromatic carbocycles. The van der Waals surface area contributed by atoms with E-state index in [1.165, 1.54) is 13.3 Å². The van der Waals surface area contributed by atoms with E-state index in [0.29, 0.717) is 17.2 Å². The van der Waals surface area contributed by atoms with Gasteiger partial charge >= 0.3 is 0 Å². The van der Waals surface area contributed by atoms with Gasteiger partial charge in [0.05, 0.1) is 5.69 Å². The highest BCUT2D eigenvalue weighted by Gasteiger charge is 2.25. The maximum atomic E-state index is 12.6. The van der Waals surface area contributed by atoms with Gasteiger partial charge in [0.15, 0.2) is 5.75 Å². The molecule has 1 saturated carbocycles. The fourth-order valence-electron chi connectivity index (χ4n) is 3.51. The minimum Gasteiger partial charge on any atom is -0.455 e. The molecule has 0 radical (unpaired) electrons. The second-order valence-corrected chi connectivity index (χ2v) is 6.90. The van der Waals surface area contributed by atoms with Gasteiger partial charge in [-0.2, -0.15) is 0 Å². The summed E-state index contributed by atoms with van der Waals surface area (Å²) in [5, 5.41) is 2.90. The summed E-state index contributed by atoms with van der Waals surface area (Å²) in [6, 6.07) is 16.9. The lowest BCUT2D eigenvalue weighted by molar-refractivity contribution is -0.135. The van der Waals surface area contributed by atoms with Gasteiger partial charge in [0, 0.05) is 13.0 Å². The minimum atomic E-state index is -0.208. The molecule has 0 heterocycles. The fourth-order valence-corrected chi connectivity index (χ4v) is 3.51. The first-order valence-electron chi connectivity index (χ1n) is 9.52. The van der Waals surface area contributed by atoms with Crippen LogP contribution >= 0.6 is 0 Å². The van der Waals surface area contributed by atoms with Crippen molar-refractivity contribution in [3.8, 4) is 11.5 Å². The van der Waals surface area contributed by atoms with E-state index in [4.69, 9.17) is 4.74 Å². The number of rotatable bonds is 6. The maximum Gasteiger partial charge on any atom is 0.244 e. The van der Waals surface area contributed by atoms with Crippen molar-refractivity contribution in [3.63, 3.8) is 0 Å². The average Bonchev–Trinajstić information content (AvgIpc) is 2.69. The zero-order valence-electron chi connectivity index (χ0n) is 15.7. The third kappa shape index (κ3) is 5.33. The van der Waals surface area contributed by atoms with Gasteiger partial charge in [0.25, 0.3) is 0 Å². The molecular formula is C22H26N2O3. The predicted molar refractivity (Wildman–Crippen MR) is 106 cm³/mol. The topological polar surface area (TPSA) is 58.6 Å². The molecule has 1 N–H and O–H groups in total. The number of carbonyl (C=O) groups excluding carboxylic acids is 2. The summed E-state index contributed by atoms with van der Waals surface area (Å²) >= 11 is 0. The molecule has 1 aliphatic rings. The average molecular weight is 366 g/mol. The molecule has 0 saturated heterocycles. The molecule has 1 aliphatic carbocycles. The van der Waals surface area contributed by atoms with Gasteiger partial charge in [-0.25, -0.2) is 0 Å². The first kappa shape index (κ1) is 19.0. The molecule has 0 aliphatic heterocycles. The number of benzene rings is 2. The van der Waals surface area contributed by atoms with Crippen molar-refractivity contribution in [3.05, 3.63) is 54.6 Å². The van der Waals surface area contributed by atoms with E-state index in [2.05, 4.69) is 5.32 Å². The lowest BCUT2D eigenvalue weighted by Crippen LogP contribution is -2.44. The van der Waals surface area contributed by atoms with Crippen LogP contribution in [0, 0.1) is 0 Å². The van der Waals surface area contributed by atoms with Crippen molar-refractivity contribution in [2.24, 2.45) is 0 Å². The Balaban J connectivity index is 1.67. The molecule has 0 spiro atoms. The Bertz CT molecular complexity index is 770. The quantitative estimate of drug-likeness (QED) is 0.813. The summed E-state index contributed by atoms with van der Waals surface area (Å²) in [5.74, 6) is 1.02. The van der Waals surface area contributed by atoms with Crippen LogP contribution in [0.1, 0.15) is 39.0 Å². The van der Waals surface area contributed by atoms with Gasteiger partial charge in [0.2, 0.25) is 11.8 Å². The number of anilines is 1. The SMILES string of the molecule is CC(=O)N(CC(=O)Nc1ccccc1Oc1ccccc1)C1CCCCC1. The number of nitrogens with one attached hydrogen (secondary N) is 1. The van der Waals surface area contributed by atoms with Crippen LogP contribution in [0.5, 0.6) is 11.5 Å². The Morgan fingerprint density at radius 2 is 1.67 bits per heavy atom. The monoisotopic (exact) mass is 366 g/mol. The van der Waals surface area contributed by atoms with Crippen LogP contribution in [-0.4, -0.2) is 29.3 Å². The standard InChI is InChI=1S/C22H26N2O3/c1-17(25)24(18-10-4-2-5-11-18)16-22(26)23-20-14-8-9-15-21(20)27-19-12-6-3-7-13-19/h3,6-9,12-15,18H,2,4-5,10-11,16H2,1H3,(H,23,26).